The van der Waals surface area contributed by atoms with Crippen molar-refractivity contribution in [1.82, 2.24) is 10.2 Å². The molecule has 10 nitrogen and oxygen atoms in total. The van der Waals surface area contributed by atoms with Gasteiger partial charge in [-0.1, -0.05) is 23.3 Å². The van der Waals surface area contributed by atoms with Crippen molar-refractivity contribution < 1.29 is 28.6 Å². The number of para-hydroxylation sites is 1. The summed E-state index contributed by atoms with van der Waals surface area (Å²) in [5, 5.41) is 14.8. The summed E-state index contributed by atoms with van der Waals surface area (Å²) in [6.45, 7) is -1.20. The number of carbonyl (C=O) groups is 3. The molecule has 2 atom stereocenters. The number of azide groups is 1. The minimum atomic E-state index is -2.11. The molecular weight excluding hydrogens is 385 g/mol. The van der Waals surface area contributed by atoms with Crippen molar-refractivity contribution >= 4 is 17.8 Å². The first kappa shape index (κ1) is 22.0. The third kappa shape index (κ3) is 6.65. The lowest BCUT2D eigenvalue weighted by Crippen LogP contribution is -2.46. The van der Waals surface area contributed by atoms with Crippen LogP contribution in [0, 0.1) is 0 Å². The number of nitrogens with one attached hydrogen (secondary N) is 1. The molecule has 2 amide bonds. The second-order valence-corrected chi connectivity index (χ2v) is 6.66. The molecule has 1 aliphatic heterocycles. The number of carbonyl (C=O) groups excluding carboxylic acids is 2. The third-order valence-electron chi connectivity index (χ3n) is 4.41. The van der Waals surface area contributed by atoms with Crippen LogP contribution in [-0.2, 0) is 14.4 Å². The Morgan fingerprint density at radius 1 is 1.38 bits per heavy atom. The van der Waals surface area contributed by atoms with Crippen LogP contribution in [0.2, 0.25) is 0 Å². The molecule has 1 fully saturated rings. The van der Waals surface area contributed by atoms with Gasteiger partial charge in [-0.15, -0.1) is 0 Å². The number of hydrogen-bond acceptors (Lipinski definition) is 5. The van der Waals surface area contributed by atoms with E-state index in [1.807, 2.05) is 18.2 Å². The Morgan fingerprint density at radius 3 is 2.76 bits per heavy atom. The summed E-state index contributed by atoms with van der Waals surface area (Å²) in [6, 6.07) is 7.72. The molecule has 0 aliphatic carbocycles. The Hall–Kier alpha value is -3.33. The molecule has 1 aromatic rings. The zero-order valence-corrected chi connectivity index (χ0v) is 15.7. The van der Waals surface area contributed by atoms with E-state index in [-0.39, 0.29) is 6.42 Å². The van der Waals surface area contributed by atoms with Crippen LogP contribution in [-0.4, -0.2) is 65.7 Å². The van der Waals surface area contributed by atoms with E-state index < -0.39 is 55.5 Å². The molecule has 0 radical (unpaired) electrons. The Kier molecular flexibility index (Phi) is 7.79. The van der Waals surface area contributed by atoms with Gasteiger partial charge in [0.15, 0.2) is 0 Å². The lowest BCUT2D eigenvalue weighted by atomic mass is 10.0. The van der Waals surface area contributed by atoms with Crippen LogP contribution in [0.5, 0.6) is 5.75 Å². The van der Waals surface area contributed by atoms with Crippen LogP contribution in [0.4, 0.5) is 4.39 Å². The Bertz CT molecular complexity index is 786. The van der Waals surface area contributed by atoms with Gasteiger partial charge in [-0.05, 0) is 24.1 Å². The second-order valence-electron chi connectivity index (χ2n) is 6.66. The minimum absolute atomic E-state index is 0.117. The number of alkyl halides is 1. The number of benzene rings is 1. The van der Waals surface area contributed by atoms with Gasteiger partial charge in [-0.2, -0.15) is 0 Å². The predicted octanol–water partition coefficient (Wildman–Crippen LogP) is 1.67. The average molecular weight is 407 g/mol. The molecule has 156 valence electrons. The number of carboxylic acid groups (broad SMARTS) is 1. The first-order chi connectivity index (χ1) is 13.8. The summed E-state index contributed by atoms with van der Waals surface area (Å²) >= 11 is 0. The summed E-state index contributed by atoms with van der Waals surface area (Å²) in [5.41, 5.74) is 6.22. The van der Waals surface area contributed by atoms with Crippen molar-refractivity contribution in [2.75, 3.05) is 26.2 Å². The molecule has 29 heavy (non-hydrogen) atoms. The second kappa shape index (κ2) is 10.3. The highest BCUT2D eigenvalue weighted by molar-refractivity contribution is 5.88. The molecule has 0 saturated carbocycles. The average Bonchev–Trinajstić information content (AvgIpc) is 3.07. The zero-order chi connectivity index (χ0) is 21.3. The molecule has 1 aromatic carbocycles. The van der Waals surface area contributed by atoms with Gasteiger partial charge in [0, 0.05) is 17.8 Å². The van der Waals surface area contributed by atoms with Gasteiger partial charge in [-0.3, -0.25) is 9.59 Å². The first-order valence-corrected chi connectivity index (χ1v) is 9.01. The molecule has 2 rings (SSSR count). The van der Waals surface area contributed by atoms with E-state index in [9.17, 15) is 23.9 Å². The van der Waals surface area contributed by atoms with E-state index >= 15 is 0 Å². The normalized spacial score (nSPS) is 20.6. The number of carboxylic acids is 1. The van der Waals surface area contributed by atoms with Gasteiger partial charge in [0.1, 0.15) is 17.5 Å². The maximum absolute atomic E-state index is 14.6. The number of ether oxygens (including phenoxy) is 1. The predicted molar refractivity (Wildman–Crippen MR) is 99.8 cm³/mol. The number of halogens is 1. The fourth-order valence-corrected chi connectivity index (χ4v) is 3.00. The molecule has 0 aromatic heterocycles. The summed E-state index contributed by atoms with van der Waals surface area (Å²) in [4.78, 5) is 38.8. The summed E-state index contributed by atoms with van der Waals surface area (Å²) in [5.74, 6) is -1.79. The molecule has 1 aliphatic rings. The van der Waals surface area contributed by atoms with Gasteiger partial charge in [0.05, 0.1) is 26.2 Å². The Morgan fingerprint density at radius 2 is 2.10 bits per heavy atom. The number of aliphatic carboxylic acids is 1. The van der Waals surface area contributed by atoms with Crippen LogP contribution in [0.15, 0.2) is 35.4 Å². The van der Waals surface area contributed by atoms with Crippen molar-refractivity contribution in [1.29, 1.82) is 0 Å². The van der Waals surface area contributed by atoms with E-state index in [4.69, 9.17) is 10.3 Å². The highest BCUT2D eigenvalue weighted by Gasteiger charge is 2.49. The standard InChI is InChI=1S/C18H22FN5O5/c19-18(11-22-23-20)9-14(17(27)28)24(12-18)16(26)10-21-15(25)7-4-8-29-13-5-2-1-3-6-13/h1-3,5-6,14H,4,7-12H2,(H,21,25)(H,27,28). The van der Waals surface area contributed by atoms with Gasteiger partial charge in [0.2, 0.25) is 11.8 Å². The summed E-state index contributed by atoms with van der Waals surface area (Å²) < 4.78 is 20.1. The molecular formula is C18H22FN5O5. The lowest BCUT2D eigenvalue weighted by molar-refractivity contribution is -0.148. The van der Waals surface area contributed by atoms with Crippen LogP contribution in [0.25, 0.3) is 10.4 Å². The molecule has 2 N–H and O–H groups in total. The Labute approximate surface area is 166 Å². The van der Waals surface area contributed by atoms with Crippen molar-refractivity contribution in [2.24, 2.45) is 5.11 Å². The van der Waals surface area contributed by atoms with Crippen molar-refractivity contribution in [3.05, 3.63) is 40.8 Å². The first-order valence-electron chi connectivity index (χ1n) is 9.01. The molecule has 0 spiro atoms. The van der Waals surface area contributed by atoms with Crippen molar-refractivity contribution in [3.63, 3.8) is 0 Å². The van der Waals surface area contributed by atoms with Gasteiger partial charge in [0.25, 0.3) is 0 Å². The number of amides is 2. The van der Waals surface area contributed by atoms with E-state index in [0.717, 1.165) is 4.90 Å². The lowest BCUT2D eigenvalue weighted by Gasteiger charge is -2.22. The van der Waals surface area contributed by atoms with E-state index in [1.54, 1.807) is 12.1 Å². The van der Waals surface area contributed by atoms with Gasteiger partial charge < -0.3 is 20.1 Å². The number of nitrogens with zero attached hydrogens (tertiary/aromatic N) is 4. The van der Waals surface area contributed by atoms with E-state index in [2.05, 4.69) is 15.3 Å². The van der Waals surface area contributed by atoms with Crippen LogP contribution in [0.3, 0.4) is 0 Å². The molecule has 1 heterocycles. The molecule has 1 saturated heterocycles. The SMILES string of the molecule is [N-]=[N+]=NCC1(F)CC(C(=O)O)N(C(=O)CNC(=O)CCCOc2ccccc2)C1. The fourth-order valence-electron chi connectivity index (χ4n) is 3.00. The number of hydrogen-bond donors (Lipinski definition) is 2. The molecule has 11 heteroatoms. The van der Waals surface area contributed by atoms with Crippen LogP contribution in [0.1, 0.15) is 19.3 Å². The smallest absolute Gasteiger partial charge is 0.326 e. The molecule has 0 bridgehead atoms. The van der Waals surface area contributed by atoms with Gasteiger partial charge >= 0.3 is 5.97 Å². The zero-order valence-electron chi connectivity index (χ0n) is 15.7. The Balaban J connectivity index is 1.77. The van der Waals surface area contributed by atoms with E-state index in [0.29, 0.717) is 18.8 Å². The highest BCUT2D eigenvalue weighted by atomic mass is 19.1. The minimum Gasteiger partial charge on any atom is -0.494 e. The maximum atomic E-state index is 14.6. The van der Waals surface area contributed by atoms with E-state index in [1.165, 1.54) is 0 Å². The van der Waals surface area contributed by atoms with Crippen LogP contribution >= 0.6 is 0 Å². The largest absolute Gasteiger partial charge is 0.494 e. The number of rotatable bonds is 10. The monoisotopic (exact) mass is 407 g/mol. The molecule has 2 unspecified atom stereocenters. The highest BCUT2D eigenvalue weighted by Crippen LogP contribution is 2.31. The summed E-state index contributed by atoms with van der Waals surface area (Å²) in [7, 11) is 0. The van der Waals surface area contributed by atoms with Crippen molar-refractivity contribution in [3.8, 4) is 5.75 Å². The van der Waals surface area contributed by atoms with Crippen molar-refractivity contribution in [2.45, 2.75) is 31.0 Å². The van der Waals surface area contributed by atoms with Gasteiger partial charge in [-0.25, -0.2) is 9.18 Å². The summed E-state index contributed by atoms with van der Waals surface area (Å²) in [6.07, 6.45) is 0.0698. The maximum Gasteiger partial charge on any atom is 0.326 e. The fraction of sp³-hybridized carbons (Fsp3) is 0.500. The third-order valence-corrected chi connectivity index (χ3v) is 4.41. The number of likely N-dealkylation sites (tertiary alicyclic amines) is 1. The van der Waals surface area contributed by atoms with Crippen LogP contribution < -0.4 is 10.1 Å². The topological polar surface area (TPSA) is 145 Å². The quantitative estimate of drug-likeness (QED) is 0.262.